The van der Waals surface area contributed by atoms with Crippen molar-refractivity contribution in [2.24, 2.45) is 5.73 Å². The first-order valence-corrected chi connectivity index (χ1v) is 27.0. The fourth-order valence-electron chi connectivity index (χ4n) is 9.97. The number of hydrogen-bond acceptors (Lipinski definition) is 9. The SMILES string of the molecule is Cc1ccc(C(NCCCC[C@H](NC(=O)[C@H](CCCNC(N)=O)NC(=O)OCC2c3ccccc3-c3ccccc32)C(=O)N[C@@H](Cc2ccc(OC(C)(C)C)cc2)C(=O)OC(C)(C)C)(c2ccccc2)c2ccccc2)cc1. The van der Waals surface area contributed by atoms with Crippen LogP contribution in [0.2, 0.25) is 0 Å². The van der Waals surface area contributed by atoms with Crippen molar-refractivity contribution in [2.45, 2.75) is 128 Å². The van der Waals surface area contributed by atoms with E-state index < -0.39 is 64.8 Å². The van der Waals surface area contributed by atoms with Gasteiger partial charge in [-0.15, -0.1) is 0 Å². The molecule has 0 spiro atoms. The molecule has 14 nitrogen and oxygen atoms in total. The molecule has 0 bridgehead atoms. The number of primary amides is 1. The number of carbonyl (C=O) groups is 5. The molecule has 0 radical (unpaired) electrons. The van der Waals surface area contributed by atoms with E-state index in [1.165, 1.54) is 0 Å². The predicted octanol–water partition coefficient (Wildman–Crippen LogP) is 10.1. The van der Waals surface area contributed by atoms with Gasteiger partial charge in [0, 0.05) is 18.9 Å². The minimum atomic E-state index is -1.20. The summed E-state index contributed by atoms with van der Waals surface area (Å²) in [5.74, 6) is -1.50. The molecule has 6 aromatic rings. The summed E-state index contributed by atoms with van der Waals surface area (Å²) in [6, 6.07) is 48.1. The average molecular weight is 1060 g/mol. The number of unbranched alkanes of at least 4 members (excludes halogenated alkanes) is 1. The Morgan fingerprint density at radius 1 is 0.551 bits per heavy atom. The van der Waals surface area contributed by atoms with Crippen LogP contribution in [0.1, 0.15) is 119 Å². The van der Waals surface area contributed by atoms with Crippen LogP contribution in [0.5, 0.6) is 5.75 Å². The number of alkyl carbamates (subject to hydrolysis) is 1. The van der Waals surface area contributed by atoms with Gasteiger partial charge in [0.25, 0.3) is 0 Å². The molecule has 0 fully saturated rings. The van der Waals surface area contributed by atoms with E-state index in [9.17, 15) is 24.0 Å². The van der Waals surface area contributed by atoms with Crippen molar-refractivity contribution in [3.8, 4) is 16.9 Å². The largest absolute Gasteiger partial charge is 0.488 e. The highest BCUT2D eigenvalue weighted by Gasteiger charge is 2.37. The number of esters is 1. The summed E-state index contributed by atoms with van der Waals surface area (Å²) in [5, 5.41) is 15.1. The van der Waals surface area contributed by atoms with Crippen LogP contribution in [-0.4, -0.2) is 78.9 Å². The van der Waals surface area contributed by atoms with Gasteiger partial charge in [-0.25, -0.2) is 14.4 Å². The van der Waals surface area contributed by atoms with E-state index in [1.54, 1.807) is 20.8 Å². The smallest absolute Gasteiger partial charge is 0.407 e. The van der Waals surface area contributed by atoms with Gasteiger partial charge < -0.3 is 41.2 Å². The molecule has 7 N–H and O–H groups in total. The van der Waals surface area contributed by atoms with E-state index in [2.05, 4.69) is 82.0 Å². The van der Waals surface area contributed by atoms with Crippen LogP contribution in [0.3, 0.4) is 0 Å². The Kier molecular flexibility index (Phi) is 19.5. The number of amides is 5. The quantitative estimate of drug-likeness (QED) is 0.0194. The highest BCUT2D eigenvalue weighted by Crippen LogP contribution is 2.44. The number of nitrogens with two attached hydrogens (primary N) is 1. The second-order valence-electron chi connectivity index (χ2n) is 21.9. The molecule has 1 aliphatic carbocycles. The first-order valence-electron chi connectivity index (χ1n) is 27.0. The van der Waals surface area contributed by atoms with Crippen molar-refractivity contribution in [2.75, 3.05) is 19.7 Å². The van der Waals surface area contributed by atoms with Gasteiger partial charge in [-0.2, -0.15) is 0 Å². The molecule has 410 valence electrons. The lowest BCUT2D eigenvalue weighted by Gasteiger charge is -2.37. The van der Waals surface area contributed by atoms with Crippen LogP contribution in [0.25, 0.3) is 11.1 Å². The Labute approximate surface area is 459 Å². The molecule has 6 aromatic carbocycles. The number of carbonyl (C=O) groups excluding carboxylic acids is 5. The second-order valence-corrected chi connectivity index (χ2v) is 21.9. The summed E-state index contributed by atoms with van der Waals surface area (Å²) in [4.78, 5) is 69.0. The van der Waals surface area contributed by atoms with Crippen molar-refractivity contribution in [1.82, 2.24) is 26.6 Å². The topological polar surface area (TPSA) is 199 Å². The maximum Gasteiger partial charge on any atom is 0.407 e. The summed E-state index contributed by atoms with van der Waals surface area (Å²) in [6.07, 6.45) is 0.756. The summed E-state index contributed by atoms with van der Waals surface area (Å²) in [5.41, 5.74) is 12.5. The van der Waals surface area contributed by atoms with Gasteiger partial charge in [0.1, 0.15) is 41.7 Å². The lowest BCUT2D eigenvalue weighted by molar-refractivity contribution is -0.158. The number of ether oxygens (including phenoxy) is 3. The normalized spacial score (nSPS) is 13.4. The zero-order valence-electron chi connectivity index (χ0n) is 46.0. The molecule has 78 heavy (non-hydrogen) atoms. The molecular weight excluding hydrogens is 981 g/mol. The molecule has 1 aliphatic rings. The van der Waals surface area contributed by atoms with Crippen LogP contribution in [0.4, 0.5) is 9.59 Å². The van der Waals surface area contributed by atoms with E-state index in [4.69, 9.17) is 19.9 Å². The Balaban J connectivity index is 1.13. The average Bonchev–Trinajstić information content (AvgIpc) is 3.80. The van der Waals surface area contributed by atoms with E-state index in [0.29, 0.717) is 25.1 Å². The van der Waals surface area contributed by atoms with Gasteiger partial charge in [-0.1, -0.05) is 151 Å². The monoisotopic (exact) mass is 1060 g/mol. The Hall–Kier alpha value is -7.97. The molecule has 0 saturated heterocycles. The Morgan fingerprint density at radius 2 is 1.06 bits per heavy atom. The summed E-state index contributed by atoms with van der Waals surface area (Å²) < 4.78 is 17.8. The van der Waals surface area contributed by atoms with Crippen LogP contribution >= 0.6 is 0 Å². The summed E-state index contributed by atoms with van der Waals surface area (Å²) >= 11 is 0. The van der Waals surface area contributed by atoms with Gasteiger partial charge in [0.05, 0.1) is 5.54 Å². The van der Waals surface area contributed by atoms with Gasteiger partial charge in [-0.05, 0) is 144 Å². The third-order valence-corrected chi connectivity index (χ3v) is 13.6. The molecule has 0 saturated carbocycles. The highest BCUT2D eigenvalue weighted by molar-refractivity contribution is 5.93. The minimum Gasteiger partial charge on any atom is -0.488 e. The Morgan fingerprint density at radius 3 is 1.62 bits per heavy atom. The van der Waals surface area contributed by atoms with Crippen molar-refractivity contribution in [3.63, 3.8) is 0 Å². The summed E-state index contributed by atoms with van der Waals surface area (Å²) in [6.45, 7) is 13.8. The second kappa shape index (κ2) is 26.4. The fraction of sp³-hybridized carbons (Fsp3) is 0.359. The number of benzene rings is 6. The molecule has 0 heterocycles. The number of hydrogen-bond donors (Lipinski definition) is 6. The molecule has 7 rings (SSSR count). The maximum absolute atomic E-state index is 14.9. The molecule has 0 aromatic heterocycles. The zero-order chi connectivity index (χ0) is 55.9. The van der Waals surface area contributed by atoms with Crippen LogP contribution < -0.4 is 37.1 Å². The number of urea groups is 1. The van der Waals surface area contributed by atoms with Gasteiger partial charge >= 0.3 is 18.1 Å². The van der Waals surface area contributed by atoms with Crippen LogP contribution in [0, 0.1) is 6.92 Å². The Bertz CT molecular complexity index is 2870. The third-order valence-electron chi connectivity index (χ3n) is 13.6. The van der Waals surface area contributed by atoms with Gasteiger partial charge in [0.2, 0.25) is 11.8 Å². The molecule has 0 unspecified atom stereocenters. The molecule has 0 aliphatic heterocycles. The number of rotatable bonds is 24. The van der Waals surface area contributed by atoms with E-state index >= 15 is 0 Å². The number of fused-ring (bicyclic) bond motifs is 3. The molecule has 14 heteroatoms. The zero-order valence-corrected chi connectivity index (χ0v) is 46.0. The first-order chi connectivity index (χ1) is 37.3. The predicted molar refractivity (Wildman–Crippen MR) is 305 cm³/mol. The van der Waals surface area contributed by atoms with E-state index in [-0.39, 0.29) is 44.8 Å². The first kappa shape index (κ1) is 57.7. The van der Waals surface area contributed by atoms with Gasteiger partial charge in [-0.3, -0.25) is 14.9 Å². The van der Waals surface area contributed by atoms with E-state index in [0.717, 1.165) is 50.1 Å². The van der Waals surface area contributed by atoms with Crippen molar-refractivity contribution < 1.29 is 38.2 Å². The highest BCUT2D eigenvalue weighted by atomic mass is 16.6. The summed E-state index contributed by atoms with van der Waals surface area (Å²) in [7, 11) is 0. The molecule has 3 atom stereocenters. The van der Waals surface area contributed by atoms with E-state index in [1.807, 2.05) is 130 Å². The molecule has 5 amide bonds. The lowest BCUT2D eigenvalue weighted by atomic mass is 9.76. The number of nitrogens with one attached hydrogen (secondary N) is 5. The van der Waals surface area contributed by atoms with Gasteiger partial charge in [0.15, 0.2) is 0 Å². The van der Waals surface area contributed by atoms with Crippen molar-refractivity contribution in [3.05, 3.63) is 197 Å². The van der Waals surface area contributed by atoms with Crippen LogP contribution in [0.15, 0.2) is 158 Å². The van der Waals surface area contributed by atoms with Crippen molar-refractivity contribution in [1.29, 1.82) is 0 Å². The minimum absolute atomic E-state index is 0.00857. The van der Waals surface area contributed by atoms with Crippen molar-refractivity contribution >= 4 is 29.9 Å². The van der Waals surface area contributed by atoms with Crippen LogP contribution in [-0.2, 0) is 35.8 Å². The molecular formula is C64H76N6O8. The number of aryl methyl sites for hydroxylation is 1. The third kappa shape index (κ3) is 15.8. The lowest BCUT2D eigenvalue weighted by Crippen LogP contribution is -2.56. The maximum atomic E-state index is 14.9. The standard InChI is InChI=1S/C64H76N6O8/c1-43-31-35-47(36-32-43)64(45-21-10-8-11-22-45,46-23-12-9-13-24-46)67-40-19-18-29-54(57(71)69-56(59(73)78-63(5,6)7)41-44-33-37-48(38-34-44)77-62(2,3)4)68-58(72)55(30-20-39-66-60(65)74)70-61(75)76-42-53-51-27-16-14-25-49(51)50-26-15-17-28-52(50)53/h8-17,21-28,31-38,53-56,67H,18-20,29-30,39-42H2,1-7H3,(H,68,72)(H,69,71)(H,70,75)(H3,65,66,74)/t54-,55-,56-/m0/s1. The fourth-order valence-corrected chi connectivity index (χ4v) is 9.97.